The minimum absolute atomic E-state index is 0.0127. The van der Waals surface area contributed by atoms with Gasteiger partial charge in [0.05, 0.1) is 32.1 Å². The largest absolute Gasteiger partial charge is 0.381 e. The zero-order valence-electron chi connectivity index (χ0n) is 25.1. The molecule has 0 atom stereocenters. The molecule has 0 radical (unpaired) electrons. The van der Waals surface area contributed by atoms with Gasteiger partial charge in [0.15, 0.2) is 22.8 Å². The number of rotatable bonds is 8. The van der Waals surface area contributed by atoms with Crippen molar-refractivity contribution >= 4 is 34.7 Å². The number of hydrogen-bond donors (Lipinski definition) is 3. The third kappa shape index (κ3) is 6.26. The Balaban J connectivity index is 1.32. The molecule has 2 amide bonds. The lowest BCUT2D eigenvalue weighted by Gasteiger charge is -2.33. The topological polar surface area (TPSA) is 178 Å². The van der Waals surface area contributed by atoms with E-state index in [1.54, 1.807) is 21.3 Å². The zero-order valence-corrected chi connectivity index (χ0v) is 25.1. The van der Waals surface area contributed by atoms with E-state index in [9.17, 15) is 14.7 Å². The number of piperazine rings is 1. The first-order valence-corrected chi connectivity index (χ1v) is 14.6. The molecule has 2 saturated heterocycles. The van der Waals surface area contributed by atoms with E-state index in [1.807, 2.05) is 41.8 Å². The molecule has 6 rings (SSSR count). The third-order valence-electron chi connectivity index (χ3n) is 8.05. The predicted octanol–water partition coefficient (Wildman–Crippen LogP) is 0.120. The maximum absolute atomic E-state index is 13.4. The number of morpholine rings is 1. The van der Waals surface area contributed by atoms with Crippen molar-refractivity contribution in [3.63, 3.8) is 0 Å². The van der Waals surface area contributed by atoms with Crippen LogP contribution in [0.4, 0.5) is 11.8 Å². The van der Waals surface area contributed by atoms with Crippen molar-refractivity contribution < 1.29 is 24.6 Å². The van der Waals surface area contributed by atoms with Crippen LogP contribution in [-0.4, -0.2) is 128 Å². The standard InChI is InChI=1S/C29H35N11O5/c1-36(29-30-15-21(16-31-29)27(42)35-44)17-22-32-23-25(37(22)2)33-24(34-26(23)39-10-12-45-13-11-39)19-4-3-5-20(14-19)28(43)40-8-6-38(18-41)7-9-40/h3-5,14-16,41,44H,6-13,17-18H2,1-2H3,(H,35,42). The van der Waals surface area contributed by atoms with Gasteiger partial charge in [0, 0.05) is 76.9 Å². The maximum atomic E-state index is 13.4. The van der Waals surface area contributed by atoms with E-state index >= 15 is 0 Å². The SMILES string of the molecule is CN(Cc1nc2c(N3CCOCC3)nc(-c3cccc(C(=O)N4CCN(CO)CC4)c3)nc2n1C)c1ncc(C(=O)NO)cn1. The first-order valence-electron chi connectivity index (χ1n) is 14.6. The van der Waals surface area contributed by atoms with E-state index < -0.39 is 5.91 Å². The number of ether oxygens (including phenoxy) is 1. The molecule has 0 bridgehead atoms. The van der Waals surface area contributed by atoms with Crippen molar-refractivity contribution in [1.29, 1.82) is 0 Å². The summed E-state index contributed by atoms with van der Waals surface area (Å²) < 4.78 is 7.50. The highest BCUT2D eigenvalue weighted by molar-refractivity contribution is 5.96. The first kappa shape index (κ1) is 30.3. The van der Waals surface area contributed by atoms with Crippen LogP contribution >= 0.6 is 0 Å². The number of aromatic nitrogens is 6. The fraction of sp³-hybridized carbons (Fsp3) is 0.414. The molecule has 0 unspecified atom stereocenters. The van der Waals surface area contributed by atoms with Gasteiger partial charge < -0.3 is 29.1 Å². The van der Waals surface area contributed by atoms with Crippen molar-refractivity contribution in [1.82, 2.24) is 44.8 Å². The number of carbonyl (C=O) groups excluding carboxylic acids is 2. The number of aliphatic hydroxyl groups is 1. The number of benzene rings is 1. The summed E-state index contributed by atoms with van der Waals surface area (Å²) in [7, 11) is 3.70. The van der Waals surface area contributed by atoms with Gasteiger partial charge in [-0.05, 0) is 12.1 Å². The Morgan fingerprint density at radius 3 is 2.42 bits per heavy atom. The number of aliphatic hydroxyl groups excluding tert-OH is 1. The molecule has 45 heavy (non-hydrogen) atoms. The maximum Gasteiger partial charge on any atom is 0.277 e. The number of amides is 2. The fourth-order valence-electron chi connectivity index (χ4n) is 5.41. The number of aryl methyl sites for hydroxylation is 1. The van der Waals surface area contributed by atoms with Crippen molar-refractivity contribution in [2.75, 3.05) is 76.1 Å². The second-order valence-corrected chi connectivity index (χ2v) is 10.9. The molecule has 236 valence electrons. The van der Waals surface area contributed by atoms with Crippen LogP contribution in [0.5, 0.6) is 0 Å². The number of fused-ring (bicyclic) bond motifs is 1. The molecule has 4 aromatic rings. The van der Waals surface area contributed by atoms with Crippen LogP contribution in [0.25, 0.3) is 22.6 Å². The van der Waals surface area contributed by atoms with Crippen LogP contribution in [0.2, 0.25) is 0 Å². The van der Waals surface area contributed by atoms with Gasteiger partial charge in [0.25, 0.3) is 11.8 Å². The second kappa shape index (κ2) is 13.1. The average Bonchev–Trinajstić information content (AvgIpc) is 3.41. The van der Waals surface area contributed by atoms with Gasteiger partial charge in [-0.25, -0.2) is 30.4 Å². The van der Waals surface area contributed by atoms with Gasteiger partial charge in [-0.1, -0.05) is 12.1 Å². The van der Waals surface area contributed by atoms with E-state index in [2.05, 4.69) is 14.9 Å². The second-order valence-electron chi connectivity index (χ2n) is 10.9. The zero-order chi connectivity index (χ0) is 31.5. The summed E-state index contributed by atoms with van der Waals surface area (Å²) in [5.41, 5.74) is 4.25. The van der Waals surface area contributed by atoms with Crippen molar-refractivity contribution in [2.45, 2.75) is 6.54 Å². The van der Waals surface area contributed by atoms with E-state index in [0.29, 0.717) is 105 Å². The van der Waals surface area contributed by atoms with Crippen LogP contribution in [-0.2, 0) is 18.3 Å². The molecular formula is C29H35N11O5. The van der Waals surface area contributed by atoms with Crippen LogP contribution in [0, 0.1) is 0 Å². The molecule has 3 N–H and O–H groups in total. The summed E-state index contributed by atoms with van der Waals surface area (Å²) >= 11 is 0. The molecule has 2 aliphatic heterocycles. The van der Waals surface area contributed by atoms with Crippen LogP contribution in [0.1, 0.15) is 26.5 Å². The Morgan fingerprint density at radius 1 is 1.00 bits per heavy atom. The van der Waals surface area contributed by atoms with Gasteiger partial charge in [-0.3, -0.25) is 19.7 Å². The lowest BCUT2D eigenvalue weighted by atomic mass is 10.1. The van der Waals surface area contributed by atoms with Crippen molar-refractivity contribution in [3.05, 3.63) is 53.6 Å². The lowest BCUT2D eigenvalue weighted by molar-refractivity contribution is 0.0423. The molecule has 0 spiro atoms. The molecule has 1 aromatic carbocycles. The number of carbonyl (C=O) groups is 2. The van der Waals surface area contributed by atoms with Crippen molar-refractivity contribution in [3.8, 4) is 11.4 Å². The van der Waals surface area contributed by atoms with Gasteiger partial charge >= 0.3 is 0 Å². The molecule has 3 aromatic heterocycles. The molecule has 0 aliphatic carbocycles. The Hall–Kier alpha value is -4.77. The highest BCUT2D eigenvalue weighted by Crippen LogP contribution is 2.29. The van der Waals surface area contributed by atoms with Crippen molar-refractivity contribution in [2.24, 2.45) is 7.05 Å². The van der Waals surface area contributed by atoms with E-state index in [1.165, 1.54) is 12.4 Å². The average molecular weight is 618 g/mol. The molecule has 2 aliphatic rings. The van der Waals surface area contributed by atoms with E-state index in [4.69, 9.17) is 24.9 Å². The van der Waals surface area contributed by atoms with Gasteiger partial charge in [-0.15, -0.1) is 0 Å². The lowest BCUT2D eigenvalue weighted by Crippen LogP contribution is -2.48. The Morgan fingerprint density at radius 2 is 1.73 bits per heavy atom. The number of nitrogens with one attached hydrogen (secondary N) is 1. The highest BCUT2D eigenvalue weighted by Gasteiger charge is 2.25. The first-order chi connectivity index (χ1) is 21.9. The number of hydrogen-bond acceptors (Lipinski definition) is 13. The molecule has 0 saturated carbocycles. The monoisotopic (exact) mass is 617 g/mol. The summed E-state index contributed by atoms with van der Waals surface area (Å²) in [6, 6.07) is 7.37. The summed E-state index contributed by atoms with van der Waals surface area (Å²) in [6.07, 6.45) is 2.67. The number of nitrogens with zero attached hydrogens (tertiary/aromatic N) is 10. The molecule has 5 heterocycles. The number of hydroxylamine groups is 1. The Kier molecular flexibility index (Phi) is 8.79. The number of anilines is 2. The minimum Gasteiger partial charge on any atom is -0.381 e. The summed E-state index contributed by atoms with van der Waals surface area (Å²) in [4.78, 5) is 56.0. The van der Waals surface area contributed by atoms with E-state index in [-0.39, 0.29) is 18.2 Å². The quantitative estimate of drug-likeness (QED) is 0.180. The minimum atomic E-state index is -0.694. The van der Waals surface area contributed by atoms with Crippen LogP contribution < -0.4 is 15.3 Å². The van der Waals surface area contributed by atoms with E-state index in [0.717, 1.165) is 0 Å². The summed E-state index contributed by atoms with van der Waals surface area (Å²) in [6.45, 7) is 5.11. The molecular weight excluding hydrogens is 582 g/mol. The molecule has 16 heteroatoms. The van der Waals surface area contributed by atoms with Crippen LogP contribution in [0.3, 0.4) is 0 Å². The number of imidazole rings is 1. The normalized spacial score (nSPS) is 15.8. The Labute approximate surface area is 258 Å². The smallest absolute Gasteiger partial charge is 0.277 e. The van der Waals surface area contributed by atoms with Gasteiger partial charge in [0.1, 0.15) is 5.82 Å². The Bertz CT molecular complexity index is 1680. The summed E-state index contributed by atoms with van der Waals surface area (Å²) in [5.74, 6) is 1.47. The molecule has 2 fully saturated rings. The highest BCUT2D eigenvalue weighted by atomic mass is 16.5. The fourth-order valence-corrected chi connectivity index (χ4v) is 5.41. The van der Waals surface area contributed by atoms with Crippen LogP contribution in [0.15, 0.2) is 36.7 Å². The van der Waals surface area contributed by atoms with Gasteiger partial charge in [0.2, 0.25) is 5.95 Å². The molecule has 16 nitrogen and oxygen atoms in total. The summed E-state index contributed by atoms with van der Waals surface area (Å²) in [5, 5.41) is 18.3. The third-order valence-corrected chi connectivity index (χ3v) is 8.05. The van der Waals surface area contributed by atoms with Gasteiger partial charge in [-0.2, -0.15) is 0 Å². The predicted molar refractivity (Wildman–Crippen MR) is 163 cm³/mol.